The van der Waals surface area contributed by atoms with Crippen molar-refractivity contribution in [3.05, 3.63) is 11.9 Å². The first kappa shape index (κ1) is 16.0. The maximum absolute atomic E-state index is 9.77. The van der Waals surface area contributed by atoms with E-state index < -0.39 is 6.10 Å². The SMILES string of the molecule is CCCC(N)c1cn(CC(O)COCCOC)nn1. The van der Waals surface area contributed by atoms with Crippen LogP contribution in [0.15, 0.2) is 6.20 Å². The lowest BCUT2D eigenvalue weighted by Crippen LogP contribution is -2.23. The van der Waals surface area contributed by atoms with Crippen LogP contribution in [-0.4, -0.2) is 53.1 Å². The van der Waals surface area contributed by atoms with E-state index in [1.807, 2.05) is 0 Å². The zero-order valence-corrected chi connectivity index (χ0v) is 11.7. The molecule has 19 heavy (non-hydrogen) atoms. The third-order valence-electron chi connectivity index (χ3n) is 2.68. The van der Waals surface area contributed by atoms with Gasteiger partial charge in [0, 0.05) is 7.11 Å². The van der Waals surface area contributed by atoms with Crippen molar-refractivity contribution in [1.29, 1.82) is 0 Å². The topological polar surface area (TPSA) is 95.4 Å². The van der Waals surface area contributed by atoms with Crippen molar-refractivity contribution in [3.8, 4) is 0 Å². The van der Waals surface area contributed by atoms with E-state index in [4.69, 9.17) is 15.2 Å². The van der Waals surface area contributed by atoms with Crippen LogP contribution in [-0.2, 0) is 16.0 Å². The number of hydrogen-bond acceptors (Lipinski definition) is 6. The van der Waals surface area contributed by atoms with Gasteiger partial charge < -0.3 is 20.3 Å². The molecule has 0 aliphatic rings. The number of methoxy groups -OCH3 is 1. The van der Waals surface area contributed by atoms with Crippen molar-refractivity contribution < 1.29 is 14.6 Å². The van der Waals surface area contributed by atoms with E-state index in [1.54, 1.807) is 18.0 Å². The van der Waals surface area contributed by atoms with Crippen molar-refractivity contribution in [2.24, 2.45) is 5.73 Å². The summed E-state index contributed by atoms with van der Waals surface area (Å²) in [6.45, 7) is 3.66. The summed E-state index contributed by atoms with van der Waals surface area (Å²) in [7, 11) is 1.61. The van der Waals surface area contributed by atoms with Crippen LogP contribution in [0.25, 0.3) is 0 Å². The van der Waals surface area contributed by atoms with Gasteiger partial charge in [-0.1, -0.05) is 18.6 Å². The molecule has 1 aromatic rings. The molecule has 0 saturated carbocycles. The third kappa shape index (κ3) is 6.11. The van der Waals surface area contributed by atoms with Gasteiger partial charge in [-0.3, -0.25) is 0 Å². The van der Waals surface area contributed by atoms with Gasteiger partial charge in [0.05, 0.1) is 50.4 Å². The monoisotopic (exact) mass is 272 g/mol. The van der Waals surface area contributed by atoms with Gasteiger partial charge in [0.15, 0.2) is 0 Å². The molecule has 7 nitrogen and oxygen atoms in total. The standard InChI is InChI=1S/C12H24N4O3/c1-3-4-11(13)12-8-16(15-14-12)7-10(17)9-19-6-5-18-2/h8,10-11,17H,3-7,9,13H2,1-2H3. The second kappa shape index (κ2) is 8.98. The van der Waals surface area contributed by atoms with Crippen LogP contribution in [0.3, 0.4) is 0 Å². The Balaban J connectivity index is 2.32. The molecule has 0 spiro atoms. The highest BCUT2D eigenvalue weighted by atomic mass is 16.5. The minimum atomic E-state index is -0.617. The fraction of sp³-hybridized carbons (Fsp3) is 0.833. The summed E-state index contributed by atoms with van der Waals surface area (Å²) in [4.78, 5) is 0. The van der Waals surface area contributed by atoms with Crippen molar-refractivity contribution in [1.82, 2.24) is 15.0 Å². The molecule has 0 aliphatic carbocycles. The lowest BCUT2D eigenvalue weighted by molar-refractivity contribution is 0.00578. The second-order valence-corrected chi connectivity index (χ2v) is 4.48. The number of nitrogens with zero attached hydrogens (tertiary/aromatic N) is 3. The molecule has 7 heteroatoms. The van der Waals surface area contributed by atoms with E-state index in [0.717, 1.165) is 18.5 Å². The molecular weight excluding hydrogens is 248 g/mol. The van der Waals surface area contributed by atoms with Gasteiger partial charge in [-0.25, -0.2) is 4.68 Å². The molecule has 0 aromatic carbocycles. The molecule has 1 aromatic heterocycles. The highest BCUT2D eigenvalue weighted by Gasteiger charge is 2.12. The lowest BCUT2D eigenvalue weighted by atomic mass is 10.1. The molecular formula is C12H24N4O3. The lowest BCUT2D eigenvalue weighted by Gasteiger charge is -2.10. The summed E-state index contributed by atoms with van der Waals surface area (Å²) in [6, 6.07) is -0.0890. The third-order valence-corrected chi connectivity index (χ3v) is 2.68. The number of aliphatic hydroxyl groups is 1. The largest absolute Gasteiger partial charge is 0.389 e. The first-order chi connectivity index (χ1) is 9.17. The molecule has 0 fully saturated rings. The molecule has 1 rings (SSSR count). The van der Waals surface area contributed by atoms with Gasteiger partial charge in [-0.15, -0.1) is 5.10 Å². The molecule has 2 atom stereocenters. The van der Waals surface area contributed by atoms with E-state index in [9.17, 15) is 5.11 Å². The number of rotatable bonds is 10. The summed E-state index contributed by atoms with van der Waals surface area (Å²) in [5.41, 5.74) is 6.70. The number of aliphatic hydroxyl groups excluding tert-OH is 1. The Bertz CT molecular complexity index is 345. The zero-order valence-electron chi connectivity index (χ0n) is 11.7. The molecule has 2 unspecified atom stereocenters. The van der Waals surface area contributed by atoms with E-state index in [-0.39, 0.29) is 12.6 Å². The average Bonchev–Trinajstić information content (AvgIpc) is 2.83. The Morgan fingerprint density at radius 3 is 2.95 bits per heavy atom. The summed E-state index contributed by atoms with van der Waals surface area (Å²) >= 11 is 0. The van der Waals surface area contributed by atoms with Crippen molar-refractivity contribution in [2.75, 3.05) is 26.9 Å². The van der Waals surface area contributed by atoms with Crippen molar-refractivity contribution in [3.63, 3.8) is 0 Å². The Morgan fingerprint density at radius 1 is 1.47 bits per heavy atom. The normalized spacial score (nSPS) is 14.5. The van der Waals surface area contributed by atoms with Gasteiger partial charge >= 0.3 is 0 Å². The molecule has 1 heterocycles. The molecule has 0 saturated heterocycles. The van der Waals surface area contributed by atoms with Crippen LogP contribution in [0.4, 0.5) is 0 Å². The predicted octanol–water partition coefficient (Wildman–Crippen LogP) is 0.102. The molecule has 0 radical (unpaired) electrons. The van der Waals surface area contributed by atoms with Crippen molar-refractivity contribution in [2.45, 2.75) is 38.5 Å². The Kier molecular flexibility index (Phi) is 7.57. The first-order valence-corrected chi connectivity index (χ1v) is 6.57. The van der Waals surface area contributed by atoms with Gasteiger partial charge in [0.1, 0.15) is 0 Å². The Morgan fingerprint density at radius 2 is 2.26 bits per heavy atom. The quantitative estimate of drug-likeness (QED) is 0.587. The van der Waals surface area contributed by atoms with Crippen LogP contribution >= 0.6 is 0 Å². The summed E-state index contributed by atoms with van der Waals surface area (Å²) in [5.74, 6) is 0. The van der Waals surface area contributed by atoms with E-state index >= 15 is 0 Å². The van der Waals surface area contributed by atoms with E-state index in [1.165, 1.54) is 0 Å². The summed E-state index contributed by atoms with van der Waals surface area (Å²) in [5, 5.41) is 17.7. The molecule has 0 amide bonds. The molecule has 110 valence electrons. The molecule has 0 aliphatic heterocycles. The van der Waals surface area contributed by atoms with Gasteiger partial charge in [-0.05, 0) is 6.42 Å². The maximum atomic E-state index is 9.77. The first-order valence-electron chi connectivity index (χ1n) is 6.57. The predicted molar refractivity (Wildman–Crippen MR) is 70.6 cm³/mol. The molecule has 0 bridgehead atoms. The van der Waals surface area contributed by atoms with Crippen LogP contribution < -0.4 is 5.73 Å². The highest BCUT2D eigenvalue weighted by molar-refractivity contribution is 4.99. The van der Waals surface area contributed by atoms with Gasteiger partial charge in [-0.2, -0.15) is 0 Å². The minimum Gasteiger partial charge on any atom is -0.389 e. The van der Waals surface area contributed by atoms with Gasteiger partial charge in [0.25, 0.3) is 0 Å². The summed E-state index contributed by atoms with van der Waals surface area (Å²) < 4.78 is 11.7. The number of nitrogens with two attached hydrogens (primary N) is 1. The van der Waals surface area contributed by atoms with Gasteiger partial charge in [0.2, 0.25) is 0 Å². The van der Waals surface area contributed by atoms with Crippen LogP contribution in [0.2, 0.25) is 0 Å². The Hall–Kier alpha value is -1.02. The average molecular weight is 272 g/mol. The Labute approximate surface area is 113 Å². The minimum absolute atomic E-state index is 0.0890. The van der Waals surface area contributed by atoms with Crippen LogP contribution in [0, 0.1) is 0 Å². The van der Waals surface area contributed by atoms with Crippen LogP contribution in [0.5, 0.6) is 0 Å². The summed E-state index contributed by atoms with van der Waals surface area (Å²) in [6.07, 6.45) is 3.04. The van der Waals surface area contributed by atoms with E-state index in [0.29, 0.717) is 19.8 Å². The van der Waals surface area contributed by atoms with E-state index in [2.05, 4.69) is 17.2 Å². The molecule has 3 N–H and O–H groups in total. The fourth-order valence-electron chi connectivity index (χ4n) is 1.66. The fourth-order valence-corrected chi connectivity index (χ4v) is 1.66. The maximum Gasteiger partial charge on any atom is 0.0994 e. The second-order valence-electron chi connectivity index (χ2n) is 4.48. The highest BCUT2D eigenvalue weighted by Crippen LogP contribution is 2.11. The number of hydrogen-bond donors (Lipinski definition) is 2. The zero-order chi connectivity index (χ0) is 14.1. The van der Waals surface area contributed by atoms with Crippen LogP contribution in [0.1, 0.15) is 31.5 Å². The number of ether oxygens (including phenoxy) is 2. The smallest absolute Gasteiger partial charge is 0.0994 e. The number of aromatic nitrogens is 3. The van der Waals surface area contributed by atoms with Crippen molar-refractivity contribution >= 4 is 0 Å².